The van der Waals surface area contributed by atoms with Crippen molar-refractivity contribution in [3.63, 3.8) is 0 Å². The van der Waals surface area contributed by atoms with Crippen LogP contribution in [0.2, 0.25) is 0 Å². The highest BCUT2D eigenvalue weighted by Gasteiger charge is 2.14. The van der Waals surface area contributed by atoms with Gasteiger partial charge in [-0.25, -0.2) is 0 Å². The van der Waals surface area contributed by atoms with E-state index in [4.69, 9.17) is 9.98 Å². The van der Waals surface area contributed by atoms with Crippen molar-refractivity contribution in [3.05, 3.63) is 217 Å². The van der Waals surface area contributed by atoms with Gasteiger partial charge in [0, 0.05) is 56.5 Å². The van der Waals surface area contributed by atoms with Crippen LogP contribution in [0.15, 0.2) is 216 Å². The summed E-state index contributed by atoms with van der Waals surface area (Å²) >= 11 is 0. The zero-order valence-corrected chi connectivity index (χ0v) is 33.5. The molecule has 11 rings (SSSR count). The van der Waals surface area contributed by atoms with E-state index in [1.54, 1.807) is 24.6 Å². The van der Waals surface area contributed by atoms with Crippen LogP contribution in [-0.4, -0.2) is 31.8 Å². The second-order valence-electron chi connectivity index (χ2n) is 15.4. The predicted octanol–water partition coefficient (Wildman–Crippen LogP) is 14.1. The van der Waals surface area contributed by atoms with E-state index in [9.17, 15) is 10.2 Å². The quantitative estimate of drug-likeness (QED) is 0.150. The largest absolute Gasteiger partial charge is 0.507 e. The van der Waals surface area contributed by atoms with Gasteiger partial charge in [0.1, 0.15) is 11.5 Å². The maximum Gasteiger partial charge on any atom is 0.124 e. The zero-order valence-electron chi connectivity index (χ0n) is 33.5. The summed E-state index contributed by atoms with van der Waals surface area (Å²) in [6, 6.07) is 69.6. The average Bonchev–Trinajstić information content (AvgIpc) is 3.84. The normalized spacial score (nSPS) is 11.9. The van der Waals surface area contributed by atoms with Crippen LogP contribution in [0.3, 0.4) is 0 Å². The number of benzene rings is 9. The van der Waals surface area contributed by atoms with E-state index in [1.807, 2.05) is 48.5 Å². The van der Waals surface area contributed by atoms with Gasteiger partial charge in [0.05, 0.1) is 33.4 Å². The van der Waals surface area contributed by atoms with Crippen molar-refractivity contribution in [2.24, 2.45) is 9.98 Å². The van der Waals surface area contributed by atoms with Crippen molar-refractivity contribution in [1.29, 1.82) is 0 Å². The molecule has 0 atom stereocenters. The Morgan fingerprint density at radius 1 is 0.323 bits per heavy atom. The molecule has 2 N–H and O–H groups in total. The van der Waals surface area contributed by atoms with Crippen LogP contribution >= 0.6 is 0 Å². The summed E-state index contributed by atoms with van der Waals surface area (Å²) < 4.78 is 4.58. The smallest absolute Gasteiger partial charge is 0.124 e. The zero-order chi connectivity index (χ0) is 41.6. The van der Waals surface area contributed by atoms with E-state index in [-0.39, 0.29) is 11.5 Å². The highest BCUT2D eigenvalue weighted by molar-refractivity contribution is 6.10. The number of aromatic hydroxyl groups is 2. The molecule has 0 fully saturated rings. The minimum absolute atomic E-state index is 0.130. The van der Waals surface area contributed by atoms with E-state index in [0.29, 0.717) is 22.5 Å². The molecule has 9 aromatic carbocycles. The van der Waals surface area contributed by atoms with E-state index in [1.165, 1.54) is 21.5 Å². The standard InChI is InChI=1S/C56H38N4O2/c61-55-33-39(37-25-29-43(30-26-37)59-51-17-7-1-11-45(51)46-12-2-8-18-52(46)59)21-23-41(55)35-57-49-15-5-6-16-50(49)58-36-42-24-22-40(34-56(42)62)38-27-31-44(32-28-38)60-53-19-9-3-13-47(53)48-14-4-10-20-54(48)60/h1-36,61-62H. The molecule has 0 spiro atoms. The van der Waals surface area contributed by atoms with Gasteiger partial charge in [-0.1, -0.05) is 121 Å². The lowest BCUT2D eigenvalue weighted by atomic mass is 10.0. The molecule has 0 saturated carbocycles. The Kier molecular flexibility index (Phi) is 9.02. The summed E-state index contributed by atoms with van der Waals surface area (Å²) in [5, 5.41) is 27.1. The Bertz CT molecular complexity index is 3200. The number of aliphatic imine (C=N–C) groups is 2. The lowest BCUT2D eigenvalue weighted by Gasteiger charge is -2.10. The molecule has 0 aliphatic carbocycles. The Labute approximate surface area is 357 Å². The van der Waals surface area contributed by atoms with Crippen molar-refractivity contribution in [3.8, 4) is 45.1 Å². The van der Waals surface area contributed by atoms with Crippen LogP contribution in [0.4, 0.5) is 11.4 Å². The molecule has 6 heteroatoms. The van der Waals surface area contributed by atoms with Crippen LogP contribution in [0.25, 0.3) is 77.2 Å². The number of nitrogens with zero attached hydrogens (tertiary/aromatic N) is 4. The lowest BCUT2D eigenvalue weighted by Crippen LogP contribution is -1.93. The van der Waals surface area contributed by atoms with Crippen molar-refractivity contribution in [1.82, 2.24) is 9.13 Å². The minimum atomic E-state index is 0.130. The molecule has 2 heterocycles. The molecule has 2 aromatic heterocycles. The molecule has 0 aliphatic heterocycles. The Balaban J connectivity index is 0.799. The lowest BCUT2D eigenvalue weighted by molar-refractivity contribution is 0.474. The maximum absolute atomic E-state index is 11.1. The summed E-state index contributed by atoms with van der Waals surface area (Å²) in [7, 11) is 0. The van der Waals surface area contributed by atoms with E-state index in [2.05, 4.69) is 155 Å². The van der Waals surface area contributed by atoms with Crippen LogP contribution in [-0.2, 0) is 0 Å². The van der Waals surface area contributed by atoms with Crippen LogP contribution in [0.5, 0.6) is 11.5 Å². The number of fused-ring (bicyclic) bond motifs is 6. The molecular weight excluding hydrogens is 761 g/mol. The Hall–Kier alpha value is -8.48. The second-order valence-corrected chi connectivity index (χ2v) is 15.4. The fourth-order valence-electron chi connectivity index (χ4n) is 8.63. The van der Waals surface area contributed by atoms with Gasteiger partial charge in [0.2, 0.25) is 0 Å². The first kappa shape index (κ1) is 36.6. The van der Waals surface area contributed by atoms with Gasteiger partial charge in [0.25, 0.3) is 0 Å². The monoisotopic (exact) mass is 798 g/mol. The first-order chi connectivity index (χ1) is 30.6. The van der Waals surface area contributed by atoms with Crippen molar-refractivity contribution >= 4 is 67.4 Å². The minimum Gasteiger partial charge on any atom is -0.507 e. The van der Waals surface area contributed by atoms with E-state index < -0.39 is 0 Å². The summed E-state index contributed by atoms with van der Waals surface area (Å²) in [5.41, 5.74) is 13.0. The van der Waals surface area contributed by atoms with Gasteiger partial charge in [0.15, 0.2) is 0 Å². The first-order valence-electron chi connectivity index (χ1n) is 20.6. The first-order valence-corrected chi connectivity index (χ1v) is 20.6. The fourth-order valence-corrected chi connectivity index (χ4v) is 8.63. The Morgan fingerprint density at radius 3 is 0.968 bits per heavy atom. The van der Waals surface area contributed by atoms with Crippen molar-refractivity contribution < 1.29 is 10.2 Å². The predicted molar refractivity (Wildman–Crippen MR) is 257 cm³/mol. The number of phenols is 2. The Morgan fingerprint density at radius 2 is 0.629 bits per heavy atom. The number of rotatable bonds is 8. The summed E-state index contributed by atoms with van der Waals surface area (Å²) in [6.45, 7) is 0. The number of para-hydroxylation sites is 6. The number of hydrogen-bond donors (Lipinski definition) is 2. The molecule has 0 aliphatic rings. The molecule has 294 valence electrons. The topological polar surface area (TPSA) is 75.0 Å². The number of aromatic nitrogens is 2. The second kappa shape index (κ2) is 15.3. The van der Waals surface area contributed by atoms with Crippen LogP contribution in [0, 0.1) is 0 Å². The summed E-state index contributed by atoms with van der Waals surface area (Å²) in [5.74, 6) is 0.259. The third-order valence-electron chi connectivity index (χ3n) is 11.7. The molecule has 6 nitrogen and oxygen atoms in total. The van der Waals surface area contributed by atoms with Crippen LogP contribution in [0.1, 0.15) is 11.1 Å². The van der Waals surface area contributed by atoms with Gasteiger partial charge >= 0.3 is 0 Å². The third kappa shape index (κ3) is 6.47. The highest BCUT2D eigenvalue weighted by Crippen LogP contribution is 2.36. The molecule has 0 saturated heterocycles. The number of phenolic OH excluding ortho intramolecular Hbond substituents is 2. The molecule has 0 unspecified atom stereocenters. The maximum atomic E-state index is 11.1. The van der Waals surface area contributed by atoms with E-state index >= 15 is 0 Å². The van der Waals surface area contributed by atoms with Crippen LogP contribution < -0.4 is 0 Å². The summed E-state index contributed by atoms with van der Waals surface area (Å²) in [4.78, 5) is 9.42. The molecule has 0 bridgehead atoms. The molecule has 11 aromatic rings. The fraction of sp³-hybridized carbons (Fsp3) is 0. The summed E-state index contributed by atoms with van der Waals surface area (Å²) in [6.07, 6.45) is 3.30. The molecule has 0 radical (unpaired) electrons. The molecular formula is C56H38N4O2. The van der Waals surface area contributed by atoms with Gasteiger partial charge < -0.3 is 19.3 Å². The molecule has 62 heavy (non-hydrogen) atoms. The van der Waals surface area contributed by atoms with E-state index in [0.717, 1.165) is 55.7 Å². The highest BCUT2D eigenvalue weighted by atomic mass is 16.3. The van der Waals surface area contributed by atoms with Crippen molar-refractivity contribution in [2.75, 3.05) is 0 Å². The van der Waals surface area contributed by atoms with Gasteiger partial charge in [-0.2, -0.15) is 0 Å². The number of hydrogen-bond acceptors (Lipinski definition) is 4. The third-order valence-corrected chi connectivity index (χ3v) is 11.7. The van der Waals surface area contributed by atoms with Gasteiger partial charge in [-0.05, 0) is 107 Å². The van der Waals surface area contributed by atoms with Gasteiger partial charge in [-0.15, -0.1) is 0 Å². The van der Waals surface area contributed by atoms with Gasteiger partial charge in [-0.3, -0.25) is 9.98 Å². The SMILES string of the molecule is Oc1cc(-c2ccc(-n3c4ccccc4c4ccccc43)cc2)ccc1C=Nc1ccccc1N=Cc1ccc(-c2ccc(-n3c4ccccc4c4ccccc43)cc2)cc1O. The van der Waals surface area contributed by atoms with Crippen molar-refractivity contribution in [2.45, 2.75) is 0 Å². The molecule has 0 amide bonds. The average molecular weight is 799 g/mol.